The van der Waals surface area contributed by atoms with Crippen LogP contribution in [-0.2, 0) is 0 Å². The number of benzene rings is 3. The maximum absolute atomic E-state index is 2.52. The van der Waals surface area contributed by atoms with E-state index in [2.05, 4.69) is 66.5 Å². The highest BCUT2D eigenvalue weighted by Crippen LogP contribution is 2.36. The summed E-state index contributed by atoms with van der Waals surface area (Å²) in [5, 5.41) is 5.52. The molecule has 1 atom stereocenters. The molecule has 0 aromatic heterocycles. The molecule has 0 amide bonds. The lowest BCUT2D eigenvalue weighted by molar-refractivity contribution is 0.188. The van der Waals surface area contributed by atoms with Gasteiger partial charge in [0.05, 0.1) is 0 Å². The Morgan fingerprint density at radius 3 is 2.57 bits per heavy atom. The van der Waals surface area contributed by atoms with Gasteiger partial charge in [-0.05, 0) is 53.5 Å². The molecule has 0 aliphatic carbocycles. The minimum absolute atomic E-state index is 0.573. The average molecular weight is 275 g/mol. The number of fused-ring (bicyclic) bond motifs is 3. The van der Waals surface area contributed by atoms with Crippen molar-refractivity contribution in [3.05, 3.63) is 60.2 Å². The van der Waals surface area contributed by atoms with E-state index in [4.69, 9.17) is 0 Å². The lowest BCUT2D eigenvalue weighted by atomic mass is 9.90. The molecular formula is C20H21N. The summed E-state index contributed by atoms with van der Waals surface area (Å²) >= 11 is 0. The zero-order valence-corrected chi connectivity index (χ0v) is 12.5. The van der Waals surface area contributed by atoms with Gasteiger partial charge in [0.25, 0.3) is 0 Å². The third kappa shape index (κ3) is 2.13. The Balaban J connectivity index is 1.96. The second kappa shape index (κ2) is 5.16. The van der Waals surface area contributed by atoms with E-state index in [1.807, 2.05) is 0 Å². The molecule has 1 heterocycles. The van der Waals surface area contributed by atoms with Crippen LogP contribution in [0.1, 0.15) is 30.9 Å². The van der Waals surface area contributed by atoms with E-state index >= 15 is 0 Å². The van der Waals surface area contributed by atoms with Crippen molar-refractivity contribution in [2.24, 2.45) is 0 Å². The van der Waals surface area contributed by atoms with Crippen LogP contribution < -0.4 is 0 Å². The Morgan fingerprint density at radius 1 is 0.810 bits per heavy atom. The van der Waals surface area contributed by atoms with E-state index in [9.17, 15) is 0 Å². The van der Waals surface area contributed by atoms with Gasteiger partial charge in [-0.15, -0.1) is 0 Å². The van der Waals surface area contributed by atoms with Crippen molar-refractivity contribution in [2.45, 2.75) is 25.3 Å². The molecule has 1 heteroatoms. The molecule has 0 bridgehead atoms. The highest BCUT2D eigenvalue weighted by atomic mass is 15.1. The SMILES string of the molecule is CN1CCCCC1c1cccc2c1ccc1ccccc12. The monoisotopic (exact) mass is 275 g/mol. The zero-order chi connectivity index (χ0) is 14.2. The fourth-order valence-corrected chi connectivity index (χ4v) is 3.82. The summed E-state index contributed by atoms with van der Waals surface area (Å²) < 4.78 is 0. The summed E-state index contributed by atoms with van der Waals surface area (Å²) in [6.07, 6.45) is 3.96. The number of nitrogens with zero attached hydrogens (tertiary/aromatic N) is 1. The van der Waals surface area contributed by atoms with Crippen molar-refractivity contribution in [3.63, 3.8) is 0 Å². The van der Waals surface area contributed by atoms with Crippen molar-refractivity contribution >= 4 is 21.5 Å². The van der Waals surface area contributed by atoms with Crippen molar-refractivity contribution < 1.29 is 0 Å². The van der Waals surface area contributed by atoms with E-state index < -0.39 is 0 Å². The Bertz CT molecular complexity index is 790. The van der Waals surface area contributed by atoms with E-state index in [0.717, 1.165) is 0 Å². The predicted octanol–water partition coefficient (Wildman–Crippen LogP) is 5.15. The maximum Gasteiger partial charge on any atom is 0.0351 e. The molecule has 21 heavy (non-hydrogen) atoms. The van der Waals surface area contributed by atoms with Gasteiger partial charge in [-0.25, -0.2) is 0 Å². The van der Waals surface area contributed by atoms with Crippen LogP contribution in [0.5, 0.6) is 0 Å². The van der Waals surface area contributed by atoms with Gasteiger partial charge in [-0.3, -0.25) is 4.90 Å². The summed E-state index contributed by atoms with van der Waals surface area (Å²) in [6.45, 7) is 1.22. The molecule has 0 saturated carbocycles. The lowest BCUT2D eigenvalue weighted by Gasteiger charge is -2.33. The number of likely N-dealkylation sites (tertiary alicyclic amines) is 1. The molecule has 0 radical (unpaired) electrons. The molecule has 1 fully saturated rings. The molecule has 1 saturated heterocycles. The van der Waals surface area contributed by atoms with Gasteiger partial charge in [-0.1, -0.05) is 61.0 Å². The zero-order valence-electron chi connectivity index (χ0n) is 12.5. The van der Waals surface area contributed by atoms with E-state index in [1.54, 1.807) is 0 Å². The Morgan fingerprint density at radius 2 is 1.67 bits per heavy atom. The third-order valence-electron chi connectivity index (χ3n) is 4.95. The standard InChI is InChI=1S/C20H21N/c1-21-14-5-4-11-20(21)19-10-6-9-17-16-8-3-2-7-15(16)12-13-18(17)19/h2-3,6-10,12-13,20H,4-5,11,14H2,1H3. The van der Waals surface area contributed by atoms with Gasteiger partial charge >= 0.3 is 0 Å². The lowest BCUT2D eigenvalue weighted by Crippen LogP contribution is -2.29. The van der Waals surface area contributed by atoms with Crippen LogP contribution in [0, 0.1) is 0 Å². The topological polar surface area (TPSA) is 3.24 Å². The second-order valence-corrected chi connectivity index (χ2v) is 6.22. The molecule has 1 nitrogen and oxygen atoms in total. The van der Waals surface area contributed by atoms with Gasteiger partial charge in [0.2, 0.25) is 0 Å². The number of piperidine rings is 1. The number of hydrogen-bond donors (Lipinski definition) is 0. The second-order valence-electron chi connectivity index (χ2n) is 6.22. The Kier molecular flexibility index (Phi) is 3.16. The smallest absolute Gasteiger partial charge is 0.0351 e. The van der Waals surface area contributed by atoms with Crippen molar-refractivity contribution in [3.8, 4) is 0 Å². The summed E-state index contributed by atoms with van der Waals surface area (Å²) in [7, 11) is 2.27. The molecule has 4 rings (SSSR count). The third-order valence-corrected chi connectivity index (χ3v) is 4.95. The molecule has 3 aromatic rings. The first-order valence-corrected chi connectivity index (χ1v) is 7.95. The molecule has 0 N–H and O–H groups in total. The fourth-order valence-electron chi connectivity index (χ4n) is 3.82. The highest BCUT2D eigenvalue weighted by molar-refractivity contribution is 6.08. The van der Waals surface area contributed by atoms with E-state index in [1.165, 1.54) is 52.9 Å². The minimum Gasteiger partial charge on any atom is -0.299 e. The largest absolute Gasteiger partial charge is 0.299 e. The molecule has 1 aliphatic heterocycles. The molecule has 0 spiro atoms. The quantitative estimate of drug-likeness (QED) is 0.555. The highest BCUT2D eigenvalue weighted by Gasteiger charge is 2.22. The number of rotatable bonds is 1. The first kappa shape index (κ1) is 12.8. The summed E-state index contributed by atoms with van der Waals surface area (Å²) in [6, 6.07) is 20.7. The van der Waals surface area contributed by atoms with Crippen molar-refractivity contribution in [1.82, 2.24) is 4.90 Å². The number of hydrogen-bond acceptors (Lipinski definition) is 1. The average Bonchev–Trinajstić information content (AvgIpc) is 2.55. The predicted molar refractivity (Wildman–Crippen MR) is 90.7 cm³/mol. The molecule has 1 aliphatic rings. The molecule has 106 valence electrons. The van der Waals surface area contributed by atoms with Gasteiger partial charge in [0.1, 0.15) is 0 Å². The Labute approximate surface area is 126 Å². The molecule has 3 aromatic carbocycles. The maximum atomic E-state index is 2.52. The van der Waals surface area contributed by atoms with Crippen LogP contribution in [0.2, 0.25) is 0 Å². The van der Waals surface area contributed by atoms with Crippen LogP contribution >= 0.6 is 0 Å². The van der Waals surface area contributed by atoms with Gasteiger partial charge < -0.3 is 0 Å². The van der Waals surface area contributed by atoms with Crippen LogP contribution in [0.3, 0.4) is 0 Å². The summed E-state index contributed by atoms with van der Waals surface area (Å²) in [4.78, 5) is 2.52. The van der Waals surface area contributed by atoms with Crippen LogP contribution in [-0.4, -0.2) is 18.5 Å². The molecule has 1 unspecified atom stereocenters. The summed E-state index contributed by atoms with van der Waals surface area (Å²) in [5.41, 5.74) is 1.50. The normalized spacial score (nSPS) is 20.1. The van der Waals surface area contributed by atoms with Gasteiger partial charge in [0, 0.05) is 6.04 Å². The molecular weight excluding hydrogens is 254 g/mol. The first-order valence-electron chi connectivity index (χ1n) is 7.95. The van der Waals surface area contributed by atoms with Crippen molar-refractivity contribution in [1.29, 1.82) is 0 Å². The first-order chi connectivity index (χ1) is 10.3. The van der Waals surface area contributed by atoms with Gasteiger partial charge in [0.15, 0.2) is 0 Å². The van der Waals surface area contributed by atoms with Crippen LogP contribution in [0.15, 0.2) is 54.6 Å². The fraction of sp³-hybridized carbons (Fsp3) is 0.300. The van der Waals surface area contributed by atoms with Crippen molar-refractivity contribution in [2.75, 3.05) is 13.6 Å². The van der Waals surface area contributed by atoms with E-state index in [-0.39, 0.29) is 0 Å². The van der Waals surface area contributed by atoms with E-state index in [0.29, 0.717) is 6.04 Å². The van der Waals surface area contributed by atoms with Gasteiger partial charge in [-0.2, -0.15) is 0 Å². The summed E-state index contributed by atoms with van der Waals surface area (Å²) in [5.74, 6) is 0. The van der Waals surface area contributed by atoms with Crippen LogP contribution in [0.4, 0.5) is 0 Å². The Hall–Kier alpha value is -1.86. The van der Waals surface area contributed by atoms with Crippen LogP contribution in [0.25, 0.3) is 21.5 Å². The minimum atomic E-state index is 0.573.